The van der Waals surface area contributed by atoms with Gasteiger partial charge in [0.05, 0.1) is 5.56 Å². The van der Waals surface area contributed by atoms with Gasteiger partial charge in [0.15, 0.2) is 0 Å². The lowest BCUT2D eigenvalue weighted by molar-refractivity contribution is -0.131. The van der Waals surface area contributed by atoms with Gasteiger partial charge in [-0.2, -0.15) is 0 Å². The zero-order valence-corrected chi connectivity index (χ0v) is 11.9. The van der Waals surface area contributed by atoms with Crippen molar-refractivity contribution in [3.63, 3.8) is 0 Å². The fraction of sp³-hybridized carbons (Fsp3) is 0.0625. The molecular weight excluding hydrogens is 306 g/mol. The molecule has 23 heavy (non-hydrogen) atoms. The number of hydrogen-bond donors (Lipinski definition) is 0. The topological polar surface area (TPSA) is 65.2 Å². The van der Waals surface area contributed by atoms with Crippen LogP contribution in [0.15, 0.2) is 46.9 Å². The van der Waals surface area contributed by atoms with Gasteiger partial charge in [0.2, 0.25) is 0 Å². The van der Waals surface area contributed by atoms with Crippen molar-refractivity contribution in [1.29, 1.82) is 0 Å². The molecule has 5 nitrogen and oxygen atoms in total. The highest BCUT2D eigenvalue weighted by molar-refractivity contribution is 5.74. The molecule has 0 fully saturated rings. The first-order valence-electron chi connectivity index (χ1n) is 6.62. The molecule has 0 aliphatic carbocycles. The molecule has 1 aromatic heterocycles. The number of esters is 1. The summed E-state index contributed by atoms with van der Waals surface area (Å²) in [6, 6.07) is 9.90. The van der Waals surface area contributed by atoms with Crippen molar-refractivity contribution in [2.75, 3.05) is 0 Å². The highest BCUT2D eigenvalue weighted by Crippen LogP contribution is 2.32. The van der Waals surface area contributed by atoms with E-state index in [1.807, 2.05) is 0 Å². The first kappa shape index (κ1) is 14.8. The molecule has 0 bridgehead atoms. The summed E-state index contributed by atoms with van der Waals surface area (Å²) in [5.41, 5.74) is -0.0607. The summed E-state index contributed by atoms with van der Waals surface area (Å²) in [6.45, 7) is 1.25. The zero-order chi connectivity index (χ0) is 16.4. The summed E-state index contributed by atoms with van der Waals surface area (Å²) in [4.78, 5) is 11.1. The Kier molecular flexibility index (Phi) is 3.84. The van der Waals surface area contributed by atoms with Crippen LogP contribution in [-0.2, 0) is 4.79 Å². The van der Waals surface area contributed by atoms with Gasteiger partial charge in [-0.15, -0.1) is 10.2 Å². The molecule has 2 aromatic carbocycles. The summed E-state index contributed by atoms with van der Waals surface area (Å²) in [5, 5.41) is 7.44. The zero-order valence-electron chi connectivity index (χ0n) is 11.9. The molecule has 0 aliphatic rings. The number of ether oxygens (including phenoxy) is 1. The van der Waals surface area contributed by atoms with Crippen LogP contribution in [0.4, 0.5) is 8.78 Å². The first-order valence-corrected chi connectivity index (χ1v) is 6.62. The minimum Gasteiger partial charge on any atom is -0.426 e. The van der Waals surface area contributed by atoms with E-state index in [1.165, 1.54) is 13.0 Å². The summed E-state index contributed by atoms with van der Waals surface area (Å²) in [6.07, 6.45) is 0. The first-order chi connectivity index (χ1) is 11.1. The van der Waals surface area contributed by atoms with E-state index in [9.17, 15) is 13.6 Å². The quantitative estimate of drug-likeness (QED) is 0.545. The molecule has 1 heterocycles. The second-order valence-corrected chi connectivity index (χ2v) is 4.60. The number of hydrogen-bond acceptors (Lipinski definition) is 5. The highest BCUT2D eigenvalue weighted by atomic mass is 19.1. The van der Waals surface area contributed by atoms with Gasteiger partial charge < -0.3 is 9.15 Å². The fourth-order valence-corrected chi connectivity index (χ4v) is 2.02. The number of benzene rings is 2. The Hall–Kier alpha value is -3.09. The molecule has 0 N–H and O–H groups in total. The van der Waals surface area contributed by atoms with Gasteiger partial charge in [-0.3, -0.25) is 4.79 Å². The Morgan fingerprint density at radius 3 is 2.35 bits per heavy atom. The number of para-hydroxylation sites is 1. The standard InChI is InChI=1S/C16H10F2N2O3/c1-9(21)22-13-8-3-2-5-10(13)15-19-20-16(23-15)14-11(17)6-4-7-12(14)18/h2-8H,1H3. The van der Waals surface area contributed by atoms with Gasteiger partial charge >= 0.3 is 5.97 Å². The van der Waals surface area contributed by atoms with Gasteiger partial charge in [-0.25, -0.2) is 8.78 Å². The van der Waals surface area contributed by atoms with Crippen LogP contribution in [0, 0.1) is 11.6 Å². The molecular formula is C16H10F2N2O3. The Labute approximate surface area is 129 Å². The average Bonchev–Trinajstić information content (AvgIpc) is 2.96. The normalized spacial score (nSPS) is 10.6. The number of carbonyl (C=O) groups is 1. The van der Waals surface area contributed by atoms with Crippen LogP contribution in [-0.4, -0.2) is 16.2 Å². The lowest BCUT2D eigenvalue weighted by Crippen LogP contribution is -2.02. The van der Waals surface area contributed by atoms with E-state index in [0.29, 0.717) is 5.56 Å². The van der Waals surface area contributed by atoms with Crippen LogP contribution in [0.5, 0.6) is 5.75 Å². The van der Waals surface area contributed by atoms with Crippen molar-refractivity contribution >= 4 is 5.97 Å². The lowest BCUT2D eigenvalue weighted by atomic mass is 10.2. The van der Waals surface area contributed by atoms with Crippen molar-refractivity contribution in [2.45, 2.75) is 6.92 Å². The van der Waals surface area contributed by atoms with Gasteiger partial charge in [0.25, 0.3) is 11.8 Å². The van der Waals surface area contributed by atoms with Crippen LogP contribution in [0.2, 0.25) is 0 Å². The Morgan fingerprint density at radius 2 is 1.65 bits per heavy atom. The van der Waals surface area contributed by atoms with Gasteiger partial charge in [-0.05, 0) is 24.3 Å². The second-order valence-electron chi connectivity index (χ2n) is 4.60. The molecule has 0 unspecified atom stereocenters. The highest BCUT2D eigenvalue weighted by Gasteiger charge is 2.20. The molecule has 0 radical (unpaired) electrons. The predicted octanol–water partition coefficient (Wildman–Crippen LogP) is 3.61. The van der Waals surface area contributed by atoms with Crippen molar-refractivity contribution < 1.29 is 22.7 Å². The molecule has 0 aliphatic heterocycles. The largest absolute Gasteiger partial charge is 0.426 e. The van der Waals surface area contributed by atoms with Crippen molar-refractivity contribution in [2.24, 2.45) is 0 Å². The van der Waals surface area contributed by atoms with Crippen LogP contribution in [0.1, 0.15) is 6.92 Å². The summed E-state index contributed by atoms with van der Waals surface area (Å²) in [7, 11) is 0. The number of halogens is 2. The molecule has 0 amide bonds. The minimum absolute atomic E-state index is 0.0143. The van der Waals surface area contributed by atoms with Crippen LogP contribution in [0.3, 0.4) is 0 Å². The summed E-state index contributed by atoms with van der Waals surface area (Å²) >= 11 is 0. The van der Waals surface area contributed by atoms with Crippen molar-refractivity contribution in [3.05, 3.63) is 54.1 Å². The van der Waals surface area contributed by atoms with E-state index < -0.39 is 23.2 Å². The third-order valence-corrected chi connectivity index (χ3v) is 2.97. The predicted molar refractivity (Wildman–Crippen MR) is 76.4 cm³/mol. The monoisotopic (exact) mass is 316 g/mol. The molecule has 3 rings (SSSR count). The number of carbonyl (C=O) groups excluding carboxylic acids is 1. The van der Waals surface area contributed by atoms with Crippen LogP contribution >= 0.6 is 0 Å². The number of nitrogens with zero attached hydrogens (tertiary/aromatic N) is 2. The number of aromatic nitrogens is 2. The van der Waals surface area contributed by atoms with Gasteiger partial charge in [0.1, 0.15) is 22.9 Å². The Morgan fingerprint density at radius 1 is 1.00 bits per heavy atom. The van der Waals surface area contributed by atoms with Crippen molar-refractivity contribution in [1.82, 2.24) is 10.2 Å². The van der Waals surface area contributed by atoms with E-state index in [2.05, 4.69) is 10.2 Å². The summed E-state index contributed by atoms with van der Waals surface area (Å²) < 4.78 is 37.9. The molecule has 0 saturated heterocycles. The minimum atomic E-state index is -0.812. The molecule has 0 saturated carbocycles. The van der Waals surface area contributed by atoms with Crippen LogP contribution in [0.25, 0.3) is 22.9 Å². The molecule has 116 valence electrons. The molecule has 0 spiro atoms. The van der Waals surface area contributed by atoms with Crippen LogP contribution < -0.4 is 4.74 Å². The van der Waals surface area contributed by atoms with E-state index in [1.54, 1.807) is 24.3 Å². The maximum absolute atomic E-state index is 13.8. The van der Waals surface area contributed by atoms with Crippen molar-refractivity contribution in [3.8, 4) is 28.7 Å². The molecule has 0 atom stereocenters. The average molecular weight is 316 g/mol. The smallest absolute Gasteiger partial charge is 0.308 e. The third-order valence-electron chi connectivity index (χ3n) is 2.97. The van der Waals surface area contributed by atoms with E-state index in [-0.39, 0.29) is 17.5 Å². The second kappa shape index (κ2) is 5.96. The molecule has 7 heteroatoms. The Balaban J connectivity index is 2.05. The fourth-order valence-electron chi connectivity index (χ4n) is 2.02. The van der Waals surface area contributed by atoms with Gasteiger partial charge in [-0.1, -0.05) is 18.2 Å². The maximum atomic E-state index is 13.8. The summed E-state index contributed by atoms with van der Waals surface area (Å²) in [5.74, 6) is -2.24. The van der Waals surface area contributed by atoms with E-state index >= 15 is 0 Å². The Bertz CT molecular complexity index is 857. The molecule has 3 aromatic rings. The van der Waals surface area contributed by atoms with E-state index in [0.717, 1.165) is 12.1 Å². The third kappa shape index (κ3) is 2.94. The lowest BCUT2D eigenvalue weighted by Gasteiger charge is -2.04. The van der Waals surface area contributed by atoms with E-state index in [4.69, 9.17) is 9.15 Å². The maximum Gasteiger partial charge on any atom is 0.308 e. The number of rotatable bonds is 3. The van der Waals surface area contributed by atoms with Gasteiger partial charge in [0, 0.05) is 6.92 Å². The SMILES string of the molecule is CC(=O)Oc1ccccc1-c1nnc(-c2c(F)cccc2F)o1.